The van der Waals surface area contributed by atoms with E-state index in [0.29, 0.717) is 0 Å². The standard InChI is InChI=1S/C12H19N5O3/c1-12(2,3)20-11(19)15-7-9(18)17(4)10-14-6-5-8(13)16-10/h5-6H,7H2,1-4H3,(H,15,19)(H2,13,14,16). The van der Waals surface area contributed by atoms with Crippen molar-refractivity contribution in [3.8, 4) is 0 Å². The number of alkyl carbamates (subject to hydrolysis) is 1. The summed E-state index contributed by atoms with van der Waals surface area (Å²) in [6.07, 6.45) is 0.788. The van der Waals surface area contributed by atoms with Gasteiger partial charge in [0.1, 0.15) is 18.0 Å². The van der Waals surface area contributed by atoms with Crippen molar-refractivity contribution in [2.24, 2.45) is 0 Å². The fraction of sp³-hybridized carbons (Fsp3) is 0.500. The molecule has 110 valence electrons. The van der Waals surface area contributed by atoms with E-state index in [-0.39, 0.29) is 24.2 Å². The van der Waals surface area contributed by atoms with Crippen LogP contribution in [0.3, 0.4) is 0 Å². The molecular formula is C12H19N5O3. The number of amides is 2. The van der Waals surface area contributed by atoms with Crippen LogP contribution in [0.1, 0.15) is 20.8 Å². The van der Waals surface area contributed by atoms with E-state index in [1.807, 2.05) is 0 Å². The number of hydrogen-bond donors (Lipinski definition) is 2. The number of ether oxygens (including phenoxy) is 1. The van der Waals surface area contributed by atoms with E-state index < -0.39 is 11.7 Å². The summed E-state index contributed by atoms with van der Waals surface area (Å²) >= 11 is 0. The van der Waals surface area contributed by atoms with Gasteiger partial charge in [-0.15, -0.1) is 0 Å². The molecule has 0 saturated carbocycles. The summed E-state index contributed by atoms with van der Waals surface area (Å²) in [7, 11) is 1.49. The molecule has 1 aromatic rings. The first kappa shape index (κ1) is 15.7. The van der Waals surface area contributed by atoms with Crippen LogP contribution >= 0.6 is 0 Å². The van der Waals surface area contributed by atoms with Crippen molar-refractivity contribution in [3.63, 3.8) is 0 Å². The number of carbonyl (C=O) groups excluding carboxylic acids is 2. The number of nitrogen functional groups attached to an aromatic ring is 1. The summed E-state index contributed by atoms with van der Waals surface area (Å²) in [5.74, 6) is 0.0391. The zero-order valence-electron chi connectivity index (χ0n) is 12.0. The molecule has 0 fully saturated rings. The lowest BCUT2D eigenvalue weighted by Crippen LogP contribution is -2.41. The highest BCUT2D eigenvalue weighted by molar-refractivity contribution is 5.94. The Labute approximate surface area is 117 Å². The highest BCUT2D eigenvalue weighted by Crippen LogP contribution is 2.07. The van der Waals surface area contributed by atoms with Crippen LogP contribution < -0.4 is 16.0 Å². The molecule has 1 aromatic heterocycles. The molecule has 2 amide bonds. The topological polar surface area (TPSA) is 110 Å². The third kappa shape index (κ3) is 5.09. The van der Waals surface area contributed by atoms with E-state index >= 15 is 0 Å². The van der Waals surface area contributed by atoms with Gasteiger partial charge in [0.2, 0.25) is 11.9 Å². The van der Waals surface area contributed by atoms with E-state index in [0.717, 1.165) is 0 Å². The number of anilines is 2. The van der Waals surface area contributed by atoms with E-state index in [9.17, 15) is 9.59 Å². The van der Waals surface area contributed by atoms with Crippen molar-refractivity contribution in [1.82, 2.24) is 15.3 Å². The molecule has 8 heteroatoms. The van der Waals surface area contributed by atoms with Gasteiger partial charge in [-0.2, -0.15) is 4.98 Å². The Bertz CT molecular complexity index is 498. The van der Waals surface area contributed by atoms with E-state index in [1.165, 1.54) is 24.2 Å². The summed E-state index contributed by atoms with van der Waals surface area (Å²) in [5.41, 5.74) is 4.89. The molecule has 0 aliphatic carbocycles. The lowest BCUT2D eigenvalue weighted by atomic mass is 10.2. The number of nitrogens with one attached hydrogen (secondary N) is 1. The van der Waals surface area contributed by atoms with Gasteiger partial charge in [-0.1, -0.05) is 0 Å². The highest BCUT2D eigenvalue weighted by Gasteiger charge is 2.18. The third-order valence-electron chi connectivity index (χ3n) is 2.12. The molecule has 8 nitrogen and oxygen atoms in total. The molecule has 0 aliphatic heterocycles. The number of nitrogens with two attached hydrogens (primary N) is 1. The summed E-state index contributed by atoms with van der Waals surface area (Å²) in [6, 6.07) is 1.51. The molecule has 1 heterocycles. The fourth-order valence-electron chi connectivity index (χ4n) is 1.22. The van der Waals surface area contributed by atoms with Crippen molar-refractivity contribution in [3.05, 3.63) is 12.3 Å². The maximum Gasteiger partial charge on any atom is 0.408 e. The quantitative estimate of drug-likeness (QED) is 0.837. The highest BCUT2D eigenvalue weighted by atomic mass is 16.6. The Morgan fingerprint density at radius 1 is 1.45 bits per heavy atom. The maximum atomic E-state index is 11.9. The molecule has 0 atom stereocenters. The summed E-state index contributed by atoms with van der Waals surface area (Å²) in [6.45, 7) is 4.99. The predicted molar refractivity (Wildman–Crippen MR) is 74.1 cm³/mol. The van der Waals surface area contributed by atoms with Gasteiger partial charge in [-0.05, 0) is 26.8 Å². The number of aromatic nitrogens is 2. The third-order valence-corrected chi connectivity index (χ3v) is 2.12. The van der Waals surface area contributed by atoms with E-state index in [2.05, 4.69) is 15.3 Å². The fourth-order valence-corrected chi connectivity index (χ4v) is 1.22. The van der Waals surface area contributed by atoms with Crippen LogP contribution in [-0.2, 0) is 9.53 Å². The number of carbonyl (C=O) groups is 2. The van der Waals surface area contributed by atoms with Crippen molar-refractivity contribution in [2.45, 2.75) is 26.4 Å². The van der Waals surface area contributed by atoms with Crippen molar-refractivity contribution in [1.29, 1.82) is 0 Å². The molecule has 0 unspecified atom stereocenters. The molecule has 0 radical (unpaired) electrons. The molecule has 0 bridgehead atoms. The van der Waals surface area contributed by atoms with Gasteiger partial charge >= 0.3 is 6.09 Å². The first-order valence-electron chi connectivity index (χ1n) is 6.01. The molecule has 0 saturated heterocycles. The van der Waals surface area contributed by atoms with Crippen LogP contribution in [0, 0.1) is 0 Å². The number of nitrogens with zero attached hydrogens (tertiary/aromatic N) is 3. The van der Waals surface area contributed by atoms with Crippen LogP contribution in [0.2, 0.25) is 0 Å². The molecule has 0 aliphatic rings. The first-order chi connectivity index (χ1) is 9.19. The summed E-state index contributed by atoms with van der Waals surface area (Å²) in [5, 5.41) is 2.37. The van der Waals surface area contributed by atoms with Crippen LogP contribution in [0.25, 0.3) is 0 Å². The Morgan fingerprint density at radius 3 is 2.65 bits per heavy atom. The Kier molecular flexibility index (Phi) is 4.84. The number of hydrogen-bond acceptors (Lipinski definition) is 6. The minimum Gasteiger partial charge on any atom is -0.444 e. The Balaban J connectivity index is 2.53. The molecule has 3 N–H and O–H groups in total. The lowest BCUT2D eigenvalue weighted by molar-refractivity contribution is -0.117. The Hall–Kier alpha value is -2.38. The molecule has 0 spiro atoms. The molecule has 0 aromatic carbocycles. The van der Waals surface area contributed by atoms with Crippen LogP contribution in [0.5, 0.6) is 0 Å². The average molecular weight is 281 g/mol. The minimum absolute atomic E-state index is 0.168. The van der Waals surface area contributed by atoms with Gasteiger partial charge in [0.15, 0.2) is 0 Å². The van der Waals surface area contributed by atoms with E-state index in [4.69, 9.17) is 10.5 Å². The Morgan fingerprint density at radius 2 is 2.10 bits per heavy atom. The minimum atomic E-state index is -0.659. The van der Waals surface area contributed by atoms with E-state index in [1.54, 1.807) is 20.8 Å². The van der Waals surface area contributed by atoms with Gasteiger partial charge in [-0.25, -0.2) is 9.78 Å². The first-order valence-corrected chi connectivity index (χ1v) is 6.01. The normalized spacial score (nSPS) is 10.8. The van der Waals surface area contributed by atoms with Gasteiger partial charge < -0.3 is 15.8 Å². The maximum absolute atomic E-state index is 11.9. The zero-order valence-corrected chi connectivity index (χ0v) is 12.0. The molecule has 20 heavy (non-hydrogen) atoms. The zero-order chi connectivity index (χ0) is 15.3. The van der Waals surface area contributed by atoms with Gasteiger partial charge in [-0.3, -0.25) is 9.69 Å². The average Bonchev–Trinajstić information content (AvgIpc) is 2.33. The van der Waals surface area contributed by atoms with Gasteiger partial charge in [0.05, 0.1) is 0 Å². The molecule has 1 rings (SSSR count). The number of likely N-dealkylation sites (N-methyl/N-ethyl adjacent to an activating group) is 1. The van der Waals surface area contributed by atoms with Crippen LogP contribution in [0.15, 0.2) is 12.3 Å². The van der Waals surface area contributed by atoms with Crippen LogP contribution in [-0.4, -0.2) is 41.2 Å². The second-order valence-corrected chi connectivity index (χ2v) is 5.09. The molecular weight excluding hydrogens is 262 g/mol. The smallest absolute Gasteiger partial charge is 0.408 e. The SMILES string of the molecule is CN(C(=O)CNC(=O)OC(C)(C)C)c1nccc(N)n1. The van der Waals surface area contributed by atoms with Crippen molar-refractivity contribution in [2.75, 3.05) is 24.2 Å². The second-order valence-electron chi connectivity index (χ2n) is 5.09. The summed E-state index contributed by atoms with van der Waals surface area (Å²) in [4.78, 5) is 32.3. The van der Waals surface area contributed by atoms with Gasteiger partial charge in [0.25, 0.3) is 0 Å². The largest absolute Gasteiger partial charge is 0.444 e. The van der Waals surface area contributed by atoms with Crippen LogP contribution in [0.4, 0.5) is 16.6 Å². The number of rotatable bonds is 3. The van der Waals surface area contributed by atoms with Crippen molar-refractivity contribution >= 4 is 23.8 Å². The second kappa shape index (κ2) is 6.18. The van der Waals surface area contributed by atoms with Gasteiger partial charge in [0, 0.05) is 13.2 Å². The lowest BCUT2D eigenvalue weighted by Gasteiger charge is -2.20. The summed E-state index contributed by atoms with van der Waals surface area (Å²) < 4.78 is 5.02. The predicted octanol–water partition coefficient (Wildman–Crippen LogP) is 0.546. The van der Waals surface area contributed by atoms with Crippen molar-refractivity contribution < 1.29 is 14.3 Å². The monoisotopic (exact) mass is 281 g/mol.